The Kier molecular flexibility index (Phi) is 5.12. The highest BCUT2D eigenvalue weighted by Crippen LogP contribution is 2.38. The summed E-state index contributed by atoms with van der Waals surface area (Å²) < 4.78 is 19.4. The van der Waals surface area contributed by atoms with E-state index in [0.717, 1.165) is 73.6 Å². The standard InChI is InChI=1S/C24H29N7O3/c1-2-10-33-22(3-1)31-17(5-7-26-31)24-23-16(4-6-25-24)18(30-14-21-27-20(30)15-34-21)13-19(28-23)29-8-11-32-12-9-29/h4-7,13,20-22,27H,1-3,8-12,14-15H2/t20-,21?,22?/m1/s1. The summed E-state index contributed by atoms with van der Waals surface area (Å²) in [6.07, 6.45) is 7.10. The first-order chi connectivity index (χ1) is 16.8. The third kappa shape index (κ3) is 3.44. The van der Waals surface area contributed by atoms with E-state index < -0.39 is 0 Å². The van der Waals surface area contributed by atoms with Crippen LogP contribution in [-0.4, -0.2) is 78.2 Å². The number of ether oxygens (including phenoxy) is 3. The second kappa shape index (κ2) is 8.46. The van der Waals surface area contributed by atoms with Crippen molar-refractivity contribution in [2.75, 3.05) is 55.9 Å². The van der Waals surface area contributed by atoms with Crippen molar-refractivity contribution in [1.29, 1.82) is 0 Å². The van der Waals surface area contributed by atoms with Crippen LogP contribution in [-0.2, 0) is 14.2 Å². The van der Waals surface area contributed by atoms with Crippen LogP contribution in [0.3, 0.4) is 0 Å². The molecule has 0 aromatic carbocycles. The highest BCUT2D eigenvalue weighted by molar-refractivity contribution is 6.00. The molecule has 7 heterocycles. The first-order valence-corrected chi connectivity index (χ1v) is 12.3. The van der Waals surface area contributed by atoms with E-state index in [1.165, 1.54) is 5.69 Å². The molecule has 3 aromatic rings. The fourth-order valence-electron chi connectivity index (χ4n) is 5.52. The first-order valence-electron chi connectivity index (χ1n) is 12.3. The molecule has 34 heavy (non-hydrogen) atoms. The summed E-state index contributed by atoms with van der Waals surface area (Å²) in [7, 11) is 0. The number of fused-ring (bicyclic) bond motifs is 3. The molecule has 0 saturated carbocycles. The van der Waals surface area contributed by atoms with Gasteiger partial charge in [0, 0.05) is 43.5 Å². The summed E-state index contributed by atoms with van der Waals surface area (Å²) in [5.41, 5.74) is 3.84. The van der Waals surface area contributed by atoms with E-state index in [9.17, 15) is 0 Å². The van der Waals surface area contributed by atoms with Crippen LogP contribution in [0.5, 0.6) is 0 Å². The van der Waals surface area contributed by atoms with Gasteiger partial charge < -0.3 is 24.0 Å². The zero-order valence-corrected chi connectivity index (χ0v) is 19.1. The monoisotopic (exact) mass is 463 g/mol. The predicted octanol–water partition coefficient (Wildman–Crippen LogP) is 2.12. The van der Waals surface area contributed by atoms with Gasteiger partial charge in [0.2, 0.25) is 0 Å². The van der Waals surface area contributed by atoms with Crippen molar-refractivity contribution in [2.45, 2.75) is 37.9 Å². The minimum atomic E-state index is -0.0617. The van der Waals surface area contributed by atoms with Crippen LogP contribution in [0.15, 0.2) is 30.6 Å². The van der Waals surface area contributed by atoms with Crippen LogP contribution in [0.1, 0.15) is 25.5 Å². The van der Waals surface area contributed by atoms with Crippen LogP contribution >= 0.6 is 0 Å². The zero-order valence-electron chi connectivity index (χ0n) is 19.1. The van der Waals surface area contributed by atoms with E-state index in [1.807, 2.05) is 23.1 Å². The number of nitrogens with zero attached hydrogens (tertiary/aromatic N) is 6. The molecule has 3 aromatic heterocycles. The molecule has 0 spiro atoms. The molecule has 0 aliphatic carbocycles. The number of morpholine rings is 2. The van der Waals surface area contributed by atoms with Crippen LogP contribution in [0.4, 0.5) is 11.5 Å². The van der Waals surface area contributed by atoms with Gasteiger partial charge in [-0.1, -0.05) is 0 Å². The Labute approximate surface area is 197 Å². The fourth-order valence-corrected chi connectivity index (χ4v) is 5.52. The smallest absolute Gasteiger partial charge is 0.150 e. The second-order valence-electron chi connectivity index (χ2n) is 9.29. The molecule has 2 unspecified atom stereocenters. The van der Waals surface area contributed by atoms with Gasteiger partial charge in [-0.15, -0.1) is 0 Å². The maximum Gasteiger partial charge on any atom is 0.150 e. The van der Waals surface area contributed by atoms with Crippen molar-refractivity contribution >= 4 is 22.4 Å². The molecule has 0 amide bonds. The van der Waals surface area contributed by atoms with Crippen molar-refractivity contribution in [3.8, 4) is 11.4 Å². The number of hydrogen-bond acceptors (Lipinski definition) is 9. The Morgan fingerprint density at radius 1 is 1.03 bits per heavy atom. The Bertz CT molecular complexity index is 1190. The maximum atomic E-state index is 6.05. The lowest BCUT2D eigenvalue weighted by atomic mass is 10.1. The Morgan fingerprint density at radius 2 is 1.97 bits per heavy atom. The SMILES string of the molecule is c1cc2c(N3CC4N[C@H]3CO4)cc(N3CCOCC3)nc2c(-c2ccnn2C2CCCCO2)n1. The van der Waals surface area contributed by atoms with E-state index in [1.54, 1.807) is 0 Å². The molecule has 1 N–H and O–H groups in total. The van der Waals surface area contributed by atoms with Crippen molar-refractivity contribution in [3.05, 3.63) is 30.6 Å². The van der Waals surface area contributed by atoms with Crippen LogP contribution in [0, 0.1) is 0 Å². The highest BCUT2D eigenvalue weighted by atomic mass is 16.5. The first kappa shape index (κ1) is 20.6. The van der Waals surface area contributed by atoms with Crippen LogP contribution in [0.25, 0.3) is 22.3 Å². The number of nitrogens with one attached hydrogen (secondary N) is 1. The van der Waals surface area contributed by atoms with Gasteiger partial charge in [0.1, 0.15) is 29.4 Å². The summed E-state index contributed by atoms with van der Waals surface area (Å²) >= 11 is 0. The molecule has 2 bridgehead atoms. The number of anilines is 2. The highest BCUT2D eigenvalue weighted by Gasteiger charge is 2.39. The quantitative estimate of drug-likeness (QED) is 0.625. The largest absolute Gasteiger partial charge is 0.378 e. The molecule has 4 aliphatic rings. The van der Waals surface area contributed by atoms with E-state index in [0.29, 0.717) is 19.8 Å². The molecule has 0 radical (unpaired) electrons. The molecule has 7 rings (SSSR count). The summed E-state index contributed by atoms with van der Waals surface area (Å²) in [5.74, 6) is 0.962. The summed E-state index contributed by atoms with van der Waals surface area (Å²) in [6.45, 7) is 5.35. The molecular formula is C24H29N7O3. The number of pyridine rings is 2. The molecule has 4 fully saturated rings. The summed E-state index contributed by atoms with van der Waals surface area (Å²) in [6, 6.07) is 6.33. The van der Waals surface area contributed by atoms with Crippen LogP contribution in [0.2, 0.25) is 0 Å². The van der Waals surface area contributed by atoms with E-state index in [2.05, 4.69) is 32.3 Å². The van der Waals surface area contributed by atoms with Crippen molar-refractivity contribution in [1.82, 2.24) is 25.1 Å². The average molecular weight is 464 g/mol. The Hall–Kier alpha value is -2.79. The maximum absolute atomic E-state index is 6.05. The number of hydrogen-bond donors (Lipinski definition) is 1. The lowest BCUT2D eigenvalue weighted by Crippen LogP contribution is -2.39. The molecule has 4 saturated heterocycles. The van der Waals surface area contributed by atoms with Crippen molar-refractivity contribution < 1.29 is 14.2 Å². The van der Waals surface area contributed by atoms with Crippen molar-refractivity contribution in [2.24, 2.45) is 0 Å². The van der Waals surface area contributed by atoms with E-state index >= 15 is 0 Å². The average Bonchev–Trinajstić information content (AvgIpc) is 3.66. The predicted molar refractivity (Wildman–Crippen MR) is 127 cm³/mol. The summed E-state index contributed by atoms with van der Waals surface area (Å²) in [5, 5.41) is 9.26. The molecule has 4 aliphatic heterocycles. The molecule has 10 heteroatoms. The summed E-state index contributed by atoms with van der Waals surface area (Å²) in [4.78, 5) is 14.7. The third-order valence-electron chi connectivity index (χ3n) is 7.25. The lowest BCUT2D eigenvalue weighted by molar-refractivity contribution is -0.0383. The number of rotatable bonds is 4. The molecule has 10 nitrogen and oxygen atoms in total. The number of aromatic nitrogens is 4. The van der Waals surface area contributed by atoms with E-state index in [-0.39, 0.29) is 18.6 Å². The third-order valence-corrected chi connectivity index (χ3v) is 7.25. The van der Waals surface area contributed by atoms with Gasteiger partial charge in [-0.3, -0.25) is 10.3 Å². The Morgan fingerprint density at radius 3 is 2.76 bits per heavy atom. The van der Waals surface area contributed by atoms with Gasteiger partial charge in [-0.2, -0.15) is 5.10 Å². The Balaban J connectivity index is 1.38. The molecule has 178 valence electrons. The minimum Gasteiger partial charge on any atom is -0.378 e. The van der Waals surface area contributed by atoms with Gasteiger partial charge >= 0.3 is 0 Å². The van der Waals surface area contributed by atoms with Gasteiger partial charge in [-0.05, 0) is 31.4 Å². The fraction of sp³-hybridized carbons (Fsp3) is 0.542. The van der Waals surface area contributed by atoms with Gasteiger partial charge in [0.05, 0.1) is 37.7 Å². The van der Waals surface area contributed by atoms with Gasteiger partial charge in [-0.25, -0.2) is 9.67 Å². The van der Waals surface area contributed by atoms with Gasteiger partial charge in [0.25, 0.3) is 0 Å². The zero-order chi connectivity index (χ0) is 22.5. The van der Waals surface area contributed by atoms with Gasteiger partial charge in [0.15, 0.2) is 6.23 Å². The normalized spacial score (nSPS) is 27.1. The van der Waals surface area contributed by atoms with Crippen LogP contribution < -0.4 is 15.1 Å². The topological polar surface area (TPSA) is 89.8 Å². The molecule has 3 atom stereocenters. The van der Waals surface area contributed by atoms with E-state index in [4.69, 9.17) is 24.2 Å². The molecular weight excluding hydrogens is 434 g/mol. The van der Waals surface area contributed by atoms with Crippen molar-refractivity contribution in [3.63, 3.8) is 0 Å². The minimum absolute atomic E-state index is 0.0617. The second-order valence-corrected chi connectivity index (χ2v) is 9.29. The lowest BCUT2D eigenvalue weighted by Gasteiger charge is -2.32.